The second-order valence-electron chi connectivity index (χ2n) is 5.78. The molecule has 110 valence electrons. The van der Waals surface area contributed by atoms with Gasteiger partial charge < -0.3 is 10.2 Å². The van der Waals surface area contributed by atoms with Crippen molar-refractivity contribution in [2.45, 2.75) is 51.7 Å². The molecule has 3 nitrogen and oxygen atoms in total. The molecule has 0 spiro atoms. The predicted molar refractivity (Wildman–Crippen MR) is 77.8 cm³/mol. The van der Waals surface area contributed by atoms with E-state index in [1.165, 1.54) is 12.1 Å². The molecule has 0 aromatic heterocycles. The van der Waals surface area contributed by atoms with E-state index in [9.17, 15) is 9.18 Å². The standard InChI is InChI=1S/C16H23FN2O/c1-11(2)18-15-8-5-9-19(16(15)20)12(3)13-6-4-7-14(17)10-13/h4,6-7,10-12,15,18H,5,8-9H2,1-3H3. The third kappa shape index (κ3) is 3.37. The third-order valence-electron chi connectivity index (χ3n) is 3.81. The number of likely N-dealkylation sites (tertiary alicyclic amines) is 1. The summed E-state index contributed by atoms with van der Waals surface area (Å²) in [6.07, 6.45) is 1.86. The zero-order chi connectivity index (χ0) is 14.7. The van der Waals surface area contributed by atoms with Crippen LogP contribution in [0.1, 0.15) is 45.2 Å². The monoisotopic (exact) mass is 278 g/mol. The summed E-state index contributed by atoms with van der Waals surface area (Å²) in [4.78, 5) is 14.4. The summed E-state index contributed by atoms with van der Waals surface area (Å²) in [6.45, 7) is 6.79. The zero-order valence-electron chi connectivity index (χ0n) is 12.4. The summed E-state index contributed by atoms with van der Waals surface area (Å²) in [6, 6.07) is 6.59. The van der Waals surface area contributed by atoms with Gasteiger partial charge in [0.2, 0.25) is 5.91 Å². The Labute approximate surface area is 120 Å². The molecule has 0 bridgehead atoms. The summed E-state index contributed by atoms with van der Waals surface area (Å²) in [7, 11) is 0. The van der Waals surface area contributed by atoms with Gasteiger partial charge in [-0.3, -0.25) is 4.79 Å². The van der Waals surface area contributed by atoms with Crippen LogP contribution in [0.2, 0.25) is 0 Å². The molecule has 20 heavy (non-hydrogen) atoms. The molecule has 1 aromatic carbocycles. The van der Waals surface area contributed by atoms with Crippen LogP contribution in [0.25, 0.3) is 0 Å². The van der Waals surface area contributed by atoms with E-state index >= 15 is 0 Å². The highest BCUT2D eigenvalue weighted by Gasteiger charge is 2.32. The fourth-order valence-corrected chi connectivity index (χ4v) is 2.79. The van der Waals surface area contributed by atoms with Crippen molar-refractivity contribution in [1.29, 1.82) is 0 Å². The van der Waals surface area contributed by atoms with Crippen molar-refractivity contribution < 1.29 is 9.18 Å². The number of hydrogen-bond acceptors (Lipinski definition) is 2. The average molecular weight is 278 g/mol. The van der Waals surface area contributed by atoms with Crippen molar-refractivity contribution in [3.63, 3.8) is 0 Å². The van der Waals surface area contributed by atoms with E-state index in [4.69, 9.17) is 0 Å². The molecule has 1 aromatic rings. The summed E-state index contributed by atoms with van der Waals surface area (Å²) in [5, 5.41) is 3.31. The number of benzene rings is 1. The molecular weight excluding hydrogens is 255 g/mol. The van der Waals surface area contributed by atoms with Crippen LogP contribution in [-0.2, 0) is 4.79 Å². The number of carbonyl (C=O) groups is 1. The first-order valence-corrected chi connectivity index (χ1v) is 7.31. The van der Waals surface area contributed by atoms with Gasteiger partial charge in [-0.1, -0.05) is 26.0 Å². The van der Waals surface area contributed by atoms with Gasteiger partial charge in [0.25, 0.3) is 0 Å². The molecule has 1 aliphatic rings. The predicted octanol–water partition coefficient (Wildman–Crippen LogP) is 2.88. The second kappa shape index (κ2) is 6.35. The van der Waals surface area contributed by atoms with Crippen molar-refractivity contribution in [1.82, 2.24) is 10.2 Å². The fourth-order valence-electron chi connectivity index (χ4n) is 2.79. The lowest BCUT2D eigenvalue weighted by Gasteiger charge is -2.37. The average Bonchev–Trinajstić information content (AvgIpc) is 2.40. The molecular formula is C16H23FN2O. The van der Waals surface area contributed by atoms with E-state index in [1.807, 2.05) is 31.7 Å². The Morgan fingerprint density at radius 3 is 2.75 bits per heavy atom. The van der Waals surface area contributed by atoms with Crippen molar-refractivity contribution in [2.75, 3.05) is 6.54 Å². The molecule has 1 amide bonds. The van der Waals surface area contributed by atoms with Crippen molar-refractivity contribution >= 4 is 5.91 Å². The van der Waals surface area contributed by atoms with E-state index in [0.29, 0.717) is 0 Å². The van der Waals surface area contributed by atoms with Gasteiger partial charge in [-0.15, -0.1) is 0 Å². The first-order chi connectivity index (χ1) is 9.49. The number of nitrogens with one attached hydrogen (secondary N) is 1. The van der Waals surface area contributed by atoms with Crippen LogP contribution < -0.4 is 5.32 Å². The number of hydrogen-bond donors (Lipinski definition) is 1. The normalized spacial score (nSPS) is 21.4. The van der Waals surface area contributed by atoms with Gasteiger partial charge in [0.1, 0.15) is 5.82 Å². The van der Waals surface area contributed by atoms with Crippen LogP contribution in [0, 0.1) is 5.82 Å². The Kier molecular flexibility index (Phi) is 4.76. The van der Waals surface area contributed by atoms with E-state index in [0.717, 1.165) is 24.9 Å². The first-order valence-electron chi connectivity index (χ1n) is 7.31. The van der Waals surface area contributed by atoms with Crippen molar-refractivity contribution in [3.8, 4) is 0 Å². The van der Waals surface area contributed by atoms with Crippen LogP contribution in [0.3, 0.4) is 0 Å². The Bertz CT molecular complexity index is 475. The van der Waals surface area contributed by atoms with Gasteiger partial charge in [-0.25, -0.2) is 4.39 Å². The van der Waals surface area contributed by atoms with Crippen LogP contribution >= 0.6 is 0 Å². The highest BCUT2D eigenvalue weighted by molar-refractivity contribution is 5.83. The number of halogens is 1. The smallest absolute Gasteiger partial charge is 0.240 e. The third-order valence-corrected chi connectivity index (χ3v) is 3.81. The van der Waals surface area contributed by atoms with E-state index in [1.54, 1.807) is 6.07 Å². The quantitative estimate of drug-likeness (QED) is 0.918. The lowest BCUT2D eigenvalue weighted by molar-refractivity contribution is -0.138. The zero-order valence-corrected chi connectivity index (χ0v) is 12.4. The molecule has 0 radical (unpaired) electrons. The minimum absolute atomic E-state index is 0.0880. The van der Waals surface area contributed by atoms with Gasteiger partial charge in [0, 0.05) is 12.6 Å². The maximum absolute atomic E-state index is 13.3. The first kappa shape index (κ1) is 15.0. The molecule has 1 heterocycles. The maximum Gasteiger partial charge on any atom is 0.240 e. The molecule has 1 saturated heterocycles. The molecule has 1 N–H and O–H groups in total. The molecule has 0 aliphatic carbocycles. The minimum Gasteiger partial charge on any atom is -0.335 e. The van der Waals surface area contributed by atoms with Gasteiger partial charge in [-0.05, 0) is 37.5 Å². The topological polar surface area (TPSA) is 32.3 Å². The highest BCUT2D eigenvalue weighted by Crippen LogP contribution is 2.25. The fraction of sp³-hybridized carbons (Fsp3) is 0.562. The minimum atomic E-state index is -0.254. The molecule has 2 rings (SSSR count). The Morgan fingerprint density at radius 1 is 1.35 bits per heavy atom. The Balaban J connectivity index is 2.12. The van der Waals surface area contributed by atoms with Crippen LogP contribution in [-0.4, -0.2) is 29.4 Å². The maximum atomic E-state index is 13.3. The van der Waals surface area contributed by atoms with E-state index in [2.05, 4.69) is 5.32 Å². The van der Waals surface area contributed by atoms with Gasteiger partial charge in [0.05, 0.1) is 12.1 Å². The summed E-state index contributed by atoms with van der Waals surface area (Å²) >= 11 is 0. The SMILES string of the molecule is CC(C)NC1CCCN(C(C)c2cccc(F)c2)C1=O. The molecule has 4 heteroatoms. The molecule has 1 fully saturated rings. The number of nitrogens with zero attached hydrogens (tertiary/aromatic N) is 1. The van der Waals surface area contributed by atoms with E-state index in [-0.39, 0.29) is 29.8 Å². The molecule has 2 atom stereocenters. The lowest BCUT2D eigenvalue weighted by Crippen LogP contribution is -2.52. The van der Waals surface area contributed by atoms with Crippen molar-refractivity contribution in [3.05, 3.63) is 35.6 Å². The summed E-state index contributed by atoms with van der Waals surface area (Å²) in [5.41, 5.74) is 0.851. The second-order valence-corrected chi connectivity index (χ2v) is 5.78. The number of piperidine rings is 1. The largest absolute Gasteiger partial charge is 0.335 e. The molecule has 1 aliphatic heterocycles. The summed E-state index contributed by atoms with van der Waals surface area (Å²) < 4.78 is 13.3. The number of amides is 1. The van der Waals surface area contributed by atoms with Gasteiger partial charge in [-0.2, -0.15) is 0 Å². The van der Waals surface area contributed by atoms with Crippen LogP contribution in [0.15, 0.2) is 24.3 Å². The summed E-state index contributed by atoms with van der Waals surface area (Å²) in [5.74, 6) is -0.127. The Hall–Kier alpha value is -1.42. The van der Waals surface area contributed by atoms with Gasteiger partial charge in [0.15, 0.2) is 0 Å². The van der Waals surface area contributed by atoms with Crippen LogP contribution in [0.5, 0.6) is 0 Å². The van der Waals surface area contributed by atoms with Gasteiger partial charge >= 0.3 is 0 Å². The van der Waals surface area contributed by atoms with Crippen molar-refractivity contribution in [2.24, 2.45) is 0 Å². The molecule has 2 unspecified atom stereocenters. The highest BCUT2D eigenvalue weighted by atomic mass is 19.1. The lowest BCUT2D eigenvalue weighted by atomic mass is 9.99. The molecule has 0 saturated carbocycles. The van der Waals surface area contributed by atoms with E-state index < -0.39 is 0 Å². The number of rotatable bonds is 4. The number of carbonyl (C=O) groups excluding carboxylic acids is 1. The Morgan fingerprint density at radius 2 is 2.10 bits per heavy atom. The van der Waals surface area contributed by atoms with Crippen LogP contribution in [0.4, 0.5) is 4.39 Å².